The summed E-state index contributed by atoms with van der Waals surface area (Å²) in [5.74, 6) is 2.38. The van der Waals surface area contributed by atoms with Gasteiger partial charge in [-0.25, -0.2) is 4.99 Å². The highest BCUT2D eigenvalue weighted by atomic mass is 127. The van der Waals surface area contributed by atoms with Crippen molar-refractivity contribution in [2.24, 2.45) is 10.9 Å². The van der Waals surface area contributed by atoms with Gasteiger partial charge in [-0.1, -0.05) is 26.0 Å². The minimum Gasteiger partial charge on any atom is -0.488 e. The number of halogens is 1. The lowest BCUT2D eigenvalue weighted by Gasteiger charge is -2.16. The molecule has 0 aliphatic carbocycles. The van der Waals surface area contributed by atoms with Crippen molar-refractivity contribution >= 4 is 29.9 Å². The molecule has 0 radical (unpaired) electrons. The summed E-state index contributed by atoms with van der Waals surface area (Å²) in [5.41, 5.74) is 2.27. The molecule has 1 atom stereocenters. The van der Waals surface area contributed by atoms with Gasteiger partial charge in [-0.05, 0) is 37.8 Å². The fourth-order valence-electron chi connectivity index (χ4n) is 2.86. The van der Waals surface area contributed by atoms with Crippen LogP contribution in [0.4, 0.5) is 0 Å². The molecule has 166 valence electrons. The highest BCUT2D eigenvalue weighted by molar-refractivity contribution is 14.0. The fourth-order valence-corrected chi connectivity index (χ4v) is 2.86. The number of aryl methyl sites for hydroxylation is 1. The van der Waals surface area contributed by atoms with Crippen molar-refractivity contribution in [3.63, 3.8) is 0 Å². The predicted octanol–water partition coefficient (Wildman–Crippen LogP) is 3.90. The molecular weight excluding hydrogens is 481 g/mol. The summed E-state index contributed by atoms with van der Waals surface area (Å²) < 4.78 is 17.3. The van der Waals surface area contributed by atoms with Gasteiger partial charge >= 0.3 is 0 Å². The van der Waals surface area contributed by atoms with Crippen LogP contribution in [0.2, 0.25) is 0 Å². The second-order valence-corrected chi connectivity index (χ2v) is 7.63. The number of aliphatic imine (C=N–C) groups is 1. The van der Waals surface area contributed by atoms with Crippen LogP contribution in [0.3, 0.4) is 0 Å². The lowest BCUT2D eigenvalue weighted by Crippen LogP contribution is -2.39. The van der Waals surface area contributed by atoms with Gasteiger partial charge in [0.25, 0.3) is 0 Å². The Labute approximate surface area is 193 Å². The third-order valence-electron chi connectivity index (χ3n) is 4.53. The lowest BCUT2D eigenvalue weighted by molar-refractivity contribution is 0.128. The molecule has 1 aromatic rings. The van der Waals surface area contributed by atoms with E-state index in [1.807, 2.05) is 0 Å². The van der Waals surface area contributed by atoms with Crippen molar-refractivity contribution < 1.29 is 14.2 Å². The molecule has 0 amide bonds. The quantitative estimate of drug-likeness (QED) is 0.201. The maximum absolute atomic E-state index is 6.17. The van der Waals surface area contributed by atoms with Crippen LogP contribution >= 0.6 is 24.0 Å². The number of benzene rings is 1. The van der Waals surface area contributed by atoms with Crippen LogP contribution in [0.1, 0.15) is 44.7 Å². The van der Waals surface area contributed by atoms with Gasteiger partial charge in [0, 0.05) is 31.7 Å². The first-order valence-electron chi connectivity index (χ1n) is 10.5. The molecule has 1 fully saturated rings. The summed E-state index contributed by atoms with van der Waals surface area (Å²) in [6, 6.07) is 6.29. The Bertz CT molecular complexity index is 605. The number of guanidine groups is 1. The van der Waals surface area contributed by atoms with Gasteiger partial charge in [0.1, 0.15) is 11.9 Å². The lowest BCUT2D eigenvalue weighted by atomic mass is 10.1. The van der Waals surface area contributed by atoms with Gasteiger partial charge in [-0.2, -0.15) is 0 Å². The zero-order chi connectivity index (χ0) is 20.2. The fraction of sp³-hybridized carbons (Fsp3) is 0.682. The third-order valence-corrected chi connectivity index (χ3v) is 4.53. The second kappa shape index (κ2) is 14.8. The molecule has 2 N–H and O–H groups in total. The van der Waals surface area contributed by atoms with E-state index in [0.29, 0.717) is 25.7 Å². The van der Waals surface area contributed by atoms with E-state index in [9.17, 15) is 0 Å². The Kier molecular flexibility index (Phi) is 13.3. The zero-order valence-electron chi connectivity index (χ0n) is 18.3. The van der Waals surface area contributed by atoms with Gasteiger partial charge in [0.2, 0.25) is 0 Å². The number of nitrogens with one attached hydrogen (secondary N) is 2. The summed E-state index contributed by atoms with van der Waals surface area (Å²) in [6.45, 7) is 13.6. The zero-order valence-corrected chi connectivity index (χ0v) is 20.7. The van der Waals surface area contributed by atoms with E-state index in [1.54, 1.807) is 0 Å². The molecule has 0 spiro atoms. The normalized spacial score (nSPS) is 16.6. The van der Waals surface area contributed by atoms with E-state index in [0.717, 1.165) is 56.4 Å². The molecule has 0 bridgehead atoms. The molecule has 1 unspecified atom stereocenters. The molecule has 2 rings (SSSR count). The first-order valence-corrected chi connectivity index (χ1v) is 10.5. The van der Waals surface area contributed by atoms with Crippen molar-refractivity contribution in [1.82, 2.24) is 10.6 Å². The first kappa shape index (κ1) is 26.0. The van der Waals surface area contributed by atoms with Crippen molar-refractivity contribution in [2.75, 3.05) is 39.5 Å². The molecule has 1 saturated heterocycles. The van der Waals surface area contributed by atoms with Gasteiger partial charge in [0.15, 0.2) is 5.96 Å². The molecular formula is C22H38IN3O3. The number of ether oxygens (including phenoxy) is 3. The number of hydrogen-bond donors (Lipinski definition) is 2. The summed E-state index contributed by atoms with van der Waals surface area (Å²) in [4.78, 5) is 4.72. The van der Waals surface area contributed by atoms with Gasteiger partial charge in [-0.15, -0.1) is 24.0 Å². The maximum atomic E-state index is 6.17. The standard InChI is InChI=1S/C22H37N3O3.HI/c1-5-23-22(24-10-13-26-11-8-17(2)3)25-15-19-7-6-18(4)14-21(19)28-20-9-12-27-16-20;/h6-7,14,17,20H,5,8-13,15-16H2,1-4H3,(H2,23,24,25);1H. The van der Waals surface area contributed by atoms with Crippen LogP contribution in [0.5, 0.6) is 5.75 Å². The molecule has 29 heavy (non-hydrogen) atoms. The van der Waals surface area contributed by atoms with E-state index in [-0.39, 0.29) is 30.1 Å². The Morgan fingerprint density at radius 2 is 2.10 bits per heavy atom. The highest BCUT2D eigenvalue weighted by Gasteiger charge is 2.18. The third kappa shape index (κ3) is 10.5. The van der Waals surface area contributed by atoms with Crippen molar-refractivity contribution in [3.8, 4) is 5.75 Å². The predicted molar refractivity (Wildman–Crippen MR) is 130 cm³/mol. The largest absolute Gasteiger partial charge is 0.488 e. The smallest absolute Gasteiger partial charge is 0.191 e. The van der Waals surface area contributed by atoms with Crippen LogP contribution in [0, 0.1) is 12.8 Å². The Balaban J connectivity index is 0.00000420. The first-order chi connectivity index (χ1) is 13.6. The number of nitrogens with zero attached hydrogens (tertiary/aromatic N) is 1. The topological polar surface area (TPSA) is 64.1 Å². The molecule has 0 aromatic heterocycles. The second-order valence-electron chi connectivity index (χ2n) is 7.63. The van der Waals surface area contributed by atoms with Crippen LogP contribution in [0.25, 0.3) is 0 Å². The molecule has 7 heteroatoms. The Morgan fingerprint density at radius 3 is 2.79 bits per heavy atom. The number of rotatable bonds is 11. The average molecular weight is 519 g/mol. The van der Waals surface area contributed by atoms with E-state index in [1.165, 1.54) is 5.56 Å². The molecule has 6 nitrogen and oxygen atoms in total. The van der Waals surface area contributed by atoms with Gasteiger partial charge in [-0.3, -0.25) is 0 Å². The average Bonchev–Trinajstić information content (AvgIpc) is 3.16. The Hall–Kier alpha value is -1.06. The van der Waals surface area contributed by atoms with Crippen LogP contribution in [-0.2, 0) is 16.0 Å². The van der Waals surface area contributed by atoms with Crippen LogP contribution in [0.15, 0.2) is 23.2 Å². The molecule has 1 aliphatic heterocycles. The molecule has 0 saturated carbocycles. The summed E-state index contributed by atoms with van der Waals surface area (Å²) in [6.07, 6.45) is 2.17. The van der Waals surface area contributed by atoms with Gasteiger partial charge in [0.05, 0.1) is 26.4 Å². The van der Waals surface area contributed by atoms with Crippen molar-refractivity contribution in [1.29, 1.82) is 0 Å². The van der Waals surface area contributed by atoms with E-state index in [4.69, 9.17) is 19.2 Å². The summed E-state index contributed by atoms with van der Waals surface area (Å²) in [5, 5.41) is 6.62. The summed E-state index contributed by atoms with van der Waals surface area (Å²) in [7, 11) is 0. The molecule has 1 heterocycles. The van der Waals surface area contributed by atoms with Crippen molar-refractivity contribution in [2.45, 2.75) is 53.2 Å². The van der Waals surface area contributed by atoms with Crippen LogP contribution in [-0.4, -0.2) is 51.6 Å². The summed E-state index contributed by atoms with van der Waals surface area (Å²) >= 11 is 0. The van der Waals surface area contributed by atoms with E-state index in [2.05, 4.69) is 56.5 Å². The van der Waals surface area contributed by atoms with Gasteiger partial charge < -0.3 is 24.8 Å². The minimum absolute atomic E-state index is 0. The Morgan fingerprint density at radius 1 is 1.28 bits per heavy atom. The van der Waals surface area contributed by atoms with Crippen molar-refractivity contribution in [3.05, 3.63) is 29.3 Å². The highest BCUT2D eigenvalue weighted by Crippen LogP contribution is 2.24. The SMILES string of the molecule is CCNC(=NCc1ccc(C)cc1OC1CCOC1)NCCOCCC(C)C.I. The van der Waals surface area contributed by atoms with E-state index < -0.39 is 0 Å². The molecule has 1 aliphatic rings. The maximum Gasteiger partial charge on any atom is 0.191 e. The van der Waals surface area contributed by atoms with E-state index >= 15 is 0 Å². The minimum atomic E-state index is 0. The monoisotopic (exact) mass is 519 g/mol. The number of hydrogen-bond acceptors (Lipinski definition) is 4. The molecule has 1 aromatic carbocycles. The van der Waals surface area contributed by atoms with Crippen LogP contribution < -0.4 is 15.4 Å².